The molecule has 0 saturated heterocycles. The standard InChI is InChI=1S/C17H17NO4/c1-18-9-10-3-4-12(21-2)16-15(10)17(8-14(18)20)6-5-11(19)7-13(17)22-16/h3-6,13H,7-9H2,1-2H3/t13?,17-/m0/s1. The molecule has 0 radical (unpaired) electrons. The first-order chi connectivity index (χ1) is 10.5. The summed E-state index contributed by atoms with van der Waals surface area (Å²) in [4.78, 5) is 26.0. The number of rotatable bonds is 1. The Balaban J connectivity index is 2.00. The number of hydrogen-bond acceptors (Lipinski definition) is 4. The summed E-state index contributed by atoms with van der Waals surface area (Å²) < 4.78 is 11.5. The number of allylic oxidation sites excluding steroid dienone is 1. The van der Waals surface area contributed by atoms with E-state index in [1.54, 1.807) is 18.1 Å². The van der Waals surface area contributed by atoms with Gasteiger partial charge in [-0.2, -0.15) is 0 Å². The molecule has 0 saturated carbocycles. The number of amides is 1. The molecule has 0 bridgehead atoms. The molecule has 2 aliphatic heterocycles. The average molecular weight is 299 g/mol. The number of methoxy groups -OCH3 is 1. The smallest absolute Gasteiger partial charge is 0.223 e. The number of ether oxygens (including phenoxy) is 2. The number of carbonyl (C=O) groups excluding carboxylic acids is 2. The maximum atomic E-state index is 12.5. The highest BCUT2D eigenvalue weighted by Crippen LogP contribution is 2.55. The Morgan fingerprint density at radius 2 is 2.18 bits per heavy atom. The van der Waals surface area contributed by atoms with Gasteiger partial charge in [0.2, 0.25) is 5.91 Å². The molecule has 114 valence electrons. The minimum atomic E-state index is -0.547. The molecular formula is C17H17NO4. The van der Waals surface area contributed by atoms with Gasteiger partial charge in [-0.3, -0.25) is 9.59 Å². The Labute approximate surface area is 128 Å². The molecule has 1 aromatic rings. The van der Waals surface area contributed by atoms with E-state index in [0.717, 1.165) is 11.1 Å². The van der Waals surface area contributed by atoms with E-state index in [-0.39, 0.29) is 17.8 Å². The number of ketones is 1. The summed E-state index contributed by atoms with van der Waals surface area (Å²) in [7, 11) is 3.41. The molecule has 3 aliphatic rings. The van der Waals surface area contributed by atoms with E-state index in [1.807, 2.05) is 25.3 Å². The first-order valence-corrected chi connectivity index (χ1v) is 7.38. The van der Waals surface area contributed by atoms with Gasteiger partial charge in [-0.05, 0) is 17.7 Å². The van der Waals surface area contributed by atoms with Crippen LogP contribution in [0.15, 0.2) is 24.3 Å². The van der Waals surface area contributed by atoms with Crippen LogP contribution in [0.2, 0.25) is 0 Å². The lowest BCUT2D eigenvalue weighted by molar-refractivity contribution is -0.132. The highest BCUT2D eigenvalue weighted by Gasteiger charge is 2.54. The van der Waals surface area contributed by atoms with Gasteiger partial charge in [-0.15, -0.1) is 0 Å². The molecule has 2 atom stereocenters. The van der Waals surface area contributed by atoms with E-state index in [1.165, 1.54) is 0 Å². The van der Waals surface area contributed by atoms with Crippen molar-refractivity contribution in [1.82, 2.24) is 4.90 Å². The second-order valence-electron chi connectivity index (χ2n) is 6.21. The van der Waals surface area contributed by atoms with Gasteiger partial charge in [0, 0.05) is 32.0 Å². The monoisotopic (exact) mass is 299 g/mol. The van der Waals surface area contributed by atoms with E-state index in [0.29, 0.717) is 30.9 Å². The summed E-state index contributed by atoms with van der Waals surface area (Å²) in [6.45, 7) is 0.546. The summed E-state index contributed by atoms with van der Waals surface area (Å²) in [6, 6.07) is 3.86. The Morgan fingerprint density at radius 3 is 2.95 bits per heavy atom. The van der Waals surface area contributed by atoms with Crippen molar-refractivity contribution in [2.24, 2.45) is 0 Å². The summed E-state index contributed by atoms with van der Waals surface area (Å²) in [6.07, 6.45) is 3.76. The van der Waals surface area contributed by atoms with E-state index in [9.17, 15) is 9.59 Å². The van der Waals surface area contributed by atoms with E-state index >= 15 is 0 Å². The van der Waals surface area contributed by atoms with Crippen LogP contribution in [0, 0.1) is 0 Å². The number of nitrogens with zero attached hydrogens (tertiary/aromatic N) is 1. The maximum absolute atomic E-state index is 12.5. The second kappa shape index (κ2) is 4.35. The maximum Gasteiger partial charge on any atom is 0.223 e. The van der Waals surface area contributed by atoms with E-state index in [4.69, 9.17) is 9.47 Å². The number of hydrogen-bond donors (Lipinski definition) is 0. The lowest BCUT2D eigenvalue weighted by atomic mass is 9.69. The van der Waals surface area contributed by atoms with Crippen LogP contribution in [0.5, 0.6) is 11.5 Å². The minimum Gasteiger partial charge on any atom is -0.493 e. The van der Waals surface area contributed by atoms with Crippen LogP contribution in [0.4, 0.5) is 0 Å². The third kappa shape index (κ3) is 1.59. The molecule has 1 aromatic carbocycles. The molecule has 1 aliphatic carbocycles. The van der Waals surface area contributed by atoms with Gasteiger partial charge in [0.25, 0.3) is 0 Å². The Bertz CT molecular complexity index is 724. The largest absolute Gasteiger partial charge is 0.493 e. The molecule has 1 spiro atoms. The molecular weight excluding hydrogens is 282 g/mol. The average Bonchev–Trinajstić information content (AvgIpc) is 2.76. The summed E-state index contributed by atoms with van der Waals surface area (Å²) >= 11 is 0. The van der Waals surface area contributed by atoms with Crippen LogP contribution in [0.1, 0.15) is 24.0 Å². The van der Waals surface area contributed by atoms with Crippen molar-refractivity contribution in [3.05, 3.63) is 35.4 Å². The normalized spacial score (nSPS) is 28.8. The van der Waals surface area contributed by atoms with Crippen LogP contribution < -0.4 is 9.47 Å². The predicted molar refractivity (Wildman–Crippen MR) is 78.9 cm³/mol. The van der Waals surface area contributed by atoms with Gasteiger partial charge in [0.15, 0.2) is 17.3 Å². The number of carbonyl (C=O) groups is 2. The van der Waals surface area contributed by atoms with Crippen molar-refractivity contribution in [2.75, 3.05) is 14.2 Å². The molecule has 4 rings (SSSR count). The van der Waals surface area contributed by atoms with Gasteiger partial charge in [-0.25, -0.2) is 0 Å². The highest BCUT2D eigenvalue weighted by molar-refractivity contribution is 5.93. The quantitative estimate of drug-likeness (QED) is 0.790. The summed E-state index contributed by atoms with van der Waals surface area (Å²) in [5.74, 6) is 1.45. The fourth-order valence-corrected chi connectivity index (χ4v) is 3.83. The molecule has 0 fully saturated rings. The molecule has 2 heterocycles. The SMILES string of the molecule is COc1ccc2c3c1OC1CC(=O)C=C[C@@]31CC(=O)N(C)C2. The third-order valence-corrected chi connectivity index (χ3v) is 4.96. The Kier molecular flexibility index (Phi) is 2.64. The van der Waals surface area contributed by atoms with E-state index < -0.39 is 5.41 Å². The molecule has 5 nitrogen and oxygen atoms in total. The van der Waals surface area contributed by atoms with Crippen molar-refractivity contribution in [3.63, 3.8) is 0 Å². The fraction of sp³-hybridized carbons (Fsp3) is 0.412. The lowest BCUT2D eigenvalue weighted by Gasteiger charge is -2.32. The Hall–Kier alpha value is -2.30. The number of benzene rings is 1. The first kappa shape index (κ1) is 13.4. The first-order valence-electron chi connectivity index (χ1n) is 7.38. The molecule has 0 N–H and O–H groups in total. The van der Waals surface area contributed by atoms with Gasteiger partial charge in [0.05, 0.1) is 12.5 Å². The van der Waals surface area contributed by atoms with Crippen LogP contribution >= 0.6 is 0 Å². The molecule has 1 amide bonds. The zero-order valence-corrected chi connectivity index (χ0v) is 12.6. The molecule has 22 heavy (non-hydrogen) atoms. The fourth-order valence-electron chi connectivity index (χ4n) is 3.83. The highest BCUT2D eigenvalue weighted by atomic mass is 16.5. The molecule has 1 unspecified atom stereocenters. The Morgan fingerprint density at radius 1 is 1.36 bits per heavy atom. The van der Waals surface area contributed by atoms with Crippen LogP contribution in [-0.4, -0.2) is 36.9 Å². The van der Waals surface area contributed by atoms with Crippen molar-refractivity contribution in [2.45, 2.75) is 30.9 Å². The van der Waals surface area contributed by atoms with E-state index in [2.05, 4.69) is 0 Å². The molecule has 5 heteroatoms. The molecule has 0 aromatic heterocycles. The van der Waals surface area contributed by atoms with Crippen molar-refractivity contribution in [3.8, 4) is 11.5 Å². The lowest BCUT2D eigenvalue weighted by Crippen LogP contribution is -2.43. The van der Waals surface area contributed by atoms with Gasteiger partial charge >= 0.3 is 0 Å². The van der Waals surface area contributed by atoms with Crippen molar-refractivity contribution < 1.29 is 19.1 Å². The van der Waals surface area contributed by atoms with Gasteiger partial charge < -0.3 is 14.4 Å². The third-order valence-electron chi connectivity index (χ3n) is 4.96. The van der Waals surface area contributed by atoms with Crippen LogP contribution in [0.25, 0.3) is 0 Å². The van der Waals surface area contributed by atoms with Crippen molar-refractivity contribution >= 4 is 11.7 Å². The summed E-state index contributed by atoms with van der Waals surface area (Å²) in [5.41, 5.74) is 1.53. The van der Waals surface area contributed by atoms with Crippen LogP contribution in [-0.2, 0) is 21.5 Å². The van der Waals surface area contributed by atoms with Gasteiger partial charge in [-0.1, -0.05) is 12.1 Å². The minimum absolute atomic E-state index is 0.0361. The zero-order chi connectivity index (χ0) is 15.5. The van der Waals surface area contributed by atoms with Gasteiger partial charge in [0.1, 0.15) is 6.10 Å². The second-order valence-corrected chi connectivity index (χ2v) is 6.21. The zero-order valence-electron chi connectivity index (χ0n) is 12.6. The predicted octanol–water partition coefficient (Wildman–Crippen LogP) is 1.59. The van der Waals surface area contributed by atoms with Crippen LogP contribution in [0.3, 0.4) is 0 Å². The van der Waals surface area contributed by atoms with Crippen molar-refractivity contribution in [1.29, 1.82) is 0 Å². The summed E-state index contributed by atoms with van der Waals surface area (Å²) in [5, 5.41) is 0. The topological polar surface area (TPSA) is 55.8 Å².